The van der Waals surface area contributed by atoms with E-state index in [-0.39, 0.29) is 23.0 Å². The summed E-state index contributed by atoms with van der Waals surface area (Å²) < 4.78 is 64.3. The lowest BCUT2D eigenvalue weighted by Crippen LogP contribution is -2.48. The predicted molar refractivity (Wildman–Crippen MR) is 124 cm³/mol. The summed E-state index contributed by atoms with van der Waals surface area (Å²) in [5.41, 5.74) is -0.109. The third kappa shape index (κ3) is 5.77. The van der Waals surface area contributed by atoms with Crippen molar-refractivity contribution < 1.29 is 26.4 Å². The molecule has 0 unspecified atom stereocenters. The van der Waals surface area contributed by atoms with Crippen molar-refractivity contribution >= 4 is 26.5 Å². The highest BCUT2D eigenvalue weighted by Crippen LogP contribution is 2.30. The van der Waals surface area contributed by atoms with Crippen LogP contribution in [0, 0.1) is 0 Å². The second-order valence-electron chi connectivity index (χ2n) is 8.43. The first-order valence-corrected chi connectivity index (χ1v) is 12.6. The molecule has 1 aliphatic rings. The van der Waals surface area contributed by atoms with Crippen LogP contribution < -0.4 is 0 Å². The van der Waals surface area contributed by atoms with Crippen LogP contribution in [0.25, 0.3) is 10.8 Å². The molecule has 0 bridgehead atoms. The Morgan fingerprint density at radius 1 is 0.853 bits per heavy atom. The van der Waals surface area contributed by atoms with Crippen molar-refractivity contribution in [3.63, 3.8) is 0 Å². The molecule has 1 saturated heterocycles. The summed E-state index contributed by atoms with van der Waals surface area (Å²) in [5.74, 6) is -0.502. The maximum atomic E-state index is 12.9. The van der Waals surface area contributed by atoms with Crippen molar-refractivity contribution in [1.82, 2.24) is 9.80 Å². The molecule has 0 aliphatic carbocycles. The Bertz CT molecular complexity index is 1280. The number of fused-ring (bicyclic) bond motifs is 1. The van der Waals surface area contributed by atoms with E-state index in [9.17, 15) is 26.4 Å². The number of carbonyl (C=O) groups excluding carboxylic acids is 1. The van der Waals surface area contributed by atoms with Crippen molar-refractivity contribution in [2.75, 3.05) is 31.9 Å². The van der Waals surface area contributed by atoms with Gasteiger partial charge in [-0.3, -0.25) is 9.69 Å². The maximum absolute atomic E-state index is 12.9. The summed E-state index contributed by atoms with van der Waals surface area (Å²) in [4.78, 5) is 16.4. The molecule has 1 fully saturated rings. The summed E-state index contributed by atoms with van der Waals surface area (Å²) in [5, 5.41) is 1.77. The predicted octanol–water partition coefficient (Wildman–Crippen LogP) is 4.37. The van der Waals surface area contributed by atoms with Crippen LogP contribution in [-0.2, 0) is 27.4 Å². The van der Waals surface area contributed by atoms with Gasteiger partial charge in [-0.25, -0.2) is 8.42 Å². The topological polar surface area (TPSA) is 57.7 Å². The Labute approximate surface area is 196 Å². The lowest BCUT2D eigenvalue weighted by atomic mass is 10.1. The lowest BCUT2D eigenvalue weighted by molar-refractivity contribution is -0.137. The average molecular weight is 491 g/mol. The van der Waals surface area contributed by atoms with E-state index in [1.54, 1.807) is 29.2 Å². The highest BCUT2D eigenvalue weighted by atomic mass is 32.2. The minimum Gasteiger partial charge on any atom is -0.340 e. The van der Waals surface area contributed by atoms with Gasteiger partial charge in [0.05, 0.1) is 16.2 Å². The molecular formula is C25H25F3N2O3S. The first-order chi connectivity index (χ1) is 16.1. The zero-order valence-electron chi connectivity index (χ0n) is 18.5. The molecule has 0 spiro atoms. The Morgan fingerprint density at radius 2 is 1.56 bits per heavy atom. The fourth-order valence-corrected chi connectivity index (χ4v) is 5.38. The van der Waals surface area contributed by atoms with E-state index in [0.717, 1.165) is 22.9 Å². The van der Waals surface area contributed by atoms with Crippen molar-refractivity contribution in [2.45, 2.75) is 24.0 Å². The van der Waals surface area contributed by atoms with Gasteiger partial charge in [0, 0.05) is 39.1 Å². The molecular weight excluding hydrogens is 465 g/mol. The van der Waals surface area contributed by atoms with Crippen LogP contribution in [0.1, 0.15) is 17.5 Å². The first-order valence-electron chi connectivity index (χ1n) is 11.0. The van der Waals surface area contributed by atoms with Gasteiger partial charge in [0.15, 0.2) is 9.84 Å². The number of benzene rings is 3. The van der Waals surface area contributed by atoms with E-state index < -0.39 is 21.6 Å². The van der Waals surface area contributed by atoms with Gasteiger partial charge >= 0.3 is 6.18 Å². The number of hydrogen-bond acceptors (Lipinski definition) is 4. The Kier molecular flexibility index (Phi) is 6.95. The van der Waals surface area contributed by atoms with Crippen LogP contribution in [0.5, 0.6) is 0 Å². The van der Waals surface area contributed by atoms with Gasteiger partial charge in [-0.05, 0) is 34.5 Å². The number of sulfone groups is 1. The van der Waals surface area contributed by atoms with Gasteiger partial charge in [0.1, 0.15) is 0 Å². The van der Waals surface area contributed by atoms with Crippen LogP contribution in [0.4, 0.5) is 13.2 Å². The van der Waals surface area contributed by atoms with Crippen LogP contribution in [-0.4, -0.2) is 56.1 Å². The third-order valence-electron chi connectivity index (χ3n) is 6.05. The molecule has 34 heavy (non-hydrogen) atoms. The van der Waals surface area contributed by atoms with E-state index in [4.69, 9.17) is 0 Å². The van der Waals surface area contributed by atoms with Crippen molar-refractivity contribution in [3.05, 3.63) is 77.9 Å². The van der Waals surface area contributed by atoms with Gasteiger partial charge in [0.2, 0.25) is 5.91 Å². The van der Waals surface area contributed by atoms with Gasteiger partial charge in [-0.1, -0.05) is 48.5 Å². The summed E-state index contributed by atoms with van der Waals surface area (Å²) in [6.07, 6.45) is -4.49. The third-order valence-corrected chi connectivity index (χ3v) is 7.76. The Morgan fingerprint density at radius 3 is 2.26 bits per heavy atom. The smallest absolute Gasteiger partial charge is 0.340 e. The molecule has 5 nitrogen and oxygen atoms in total. The van der Waals surface area contributed by atoms with E-state index >= 15 is 0 Å². The van der Waals surface area contributed by atoms with Gasteiger partial charge < -0.3 is 4.90 Å². The van der Waals surface area contributed by atoms with Crippen LogP contribution in [0.15, 0.2) is 71.6 Å². The summed E-state index contributed by atoms with van der Waals surface area (Å²) in [6.45, 7) is 2.21. The number of amides is 1. The normalized spacial score (nSPS) is 15.6. The minimum absolute atomic E-state index is 0.108. The number of piperazine rings is 1. The van der Waals surface area contributed by atoms with E-state index in [0.29, 0.717) is 38.3 Å². The molecule has 0 radical (unpaired) electrons. The zero-order chi connectivity index (χ0) is 24.3. The fourth-order valence-electron chi connectivity index (χ4n) is 4.12. The molecule has 1 amide bonds. The van der Waals surface area contributed by atoms with E-state index in [2.05, 4.69) is 0 Å². The molecule has 0 aromatic heterocycles. The first kappa shape index (κ1) is 24.2. The van der Waals surface area contributed by atoms with Gasteiger partial charge in [0.25, 0.3) is 0 Å². The second-order valence-corrected chi connectivity index (χ2v) is 10.5. The molecule has 0 atom stereocenters. The number of rotatable bonds is 6. The molecule has 0 N–H and O–H groups in total. The molecule has 180 valence electrons. The zero-order valence-corrected chi connectivity index (χ0v) is 19.3. The molecule has 1 heterocycles. The highest BCUT2D eigenvalue weighted by molar-refractivity contribution is 7.91. The SMILES string of the molecule is O=C(CCS(=O)(=O)c1ccc2ccccc2c1)N1CCN(Cc2cccc(C(F)(F)F)c2)CC1. The lowest BCUT2D eigenvalue weighted by Gasteiger charge is -2.35. The summed E-state index contributed by atoms with van der Waals surface area (Å²) in [7, 11) is -3.60. The molecule has 0 saturated carbocycles. The van der Waals surface area contributed by atoms with E-state index in [1.807, 2.05) is 29.2 Å². The number of carbonyl (C=O) groups is 1. The molecule has 1 aliphatic heterocycles. The second kappa shape index (κ2) is 9.76. The molecule has 3 aromatic carbocycles. The van der Waals surface area contributed by atoms with Crippen molar-refractivity contribution in [3.8, 4) is 0 Å². The quantitative estimate of drug-likeness (QED) is 0.515. The molecule has 4 rings (SSSR count). The molecule has 3 aromatic rings. The molecule has 9 heteroatoms. The van der Waals surface area contributed by atoms with E-state index in [1.165, 1.54) is 6.07 Å². The van der Waals surface area contributed by atoms with Gasteiger partial charge in [-0.2, -0.15) is 13.2 Å². The minimum atomic E-state index is -4.38. The van der Waals surface area contributed by atoms with Crippen molar-refractivity contribution in [2.24, 2.45) is 0 Å². The fraction of sp³-hybridized carbons (Fsp3) is 0.320. The maximum Gasteiger partial charge on any atom is 0.416 e. The number of halogens is 3. The Balaban J connectivity index is 1.29. The summed E-state index contributed by atoms with van der Waals surface area (Å²) >= 11 is 0. The number of alkyl halides is 3. The number of hydrogen-bond donors (Lipinski definition) is 0. The van der Waals surface area contributed by atoms with Crippen LogP contribution in [0.3, 0.4) is 0 Å². The monoisotopic (exact) mass is 490 g/mol. The highest BCUT2D eigenvalue weighted by Gasteiger charge is 2.30. The van der Waals surface area contributed by atoms with Crippen LogP contribution >= 0.6 is 0 Å². The average Bonchev–Trinajstić information content (AvgIpc) is 2.82. The largest absolute Gasteiger partial charge is 0.416 e. The van der Waals surface area contributed by atoms with Gasteiger partial charge in [-0.15, -0.1) is 0 Å². The standard InChI is InChI=1S/C25H25F3N2O3S/c26-25(27,28)22-7-3-4-19(16-22)18-29-11-13-30(14-12-29)24(31)10-15-34(32,33)23-9-8-20-5-1-2-6-21(20)17-23/h1-9,16-17H,10-15,18H2. The Hall–Kier alpha value is -2.91. The van der Waals surface area contributed by atoms with Crippen LogP contribution in [0.2, 0.25) is 0 Å². The van der Waals surface area contributed by atoms with Crippen molar-refractivity contribution in [1.29, 1.82) is 0 Å². The number of nitrogens with zero attached hydrogens (tertiary/aromatic N) is 2. The summed E-state index contributed by atoms with van der Waals surface area (Å²) in [6, 6.07) is 17.7.